The van der Waals surface area contributed by atoms with Gasteiger partial charge in [0.15, 0.2) is 5.79 Å². The second-order valence-corrected chi connectivity index (χ2v) is 8.39. The van der Waals surface area contributed by atoms with Gasteiger partial charge in [-0.3, -0.25) is 0 Å². The van der Waals surface area contributed by atoms with Crippen LogP contribution in [0.15, 0.2) is 60.8 Å². The van der Waals surface area contributed by atoms with E-state index in [1.165, 1.54) is 5.57 Å². The largest absolute Gasteiger partial charge is 0.392 e. The highest BCUT2D eigenvalue weighted by molar-refractivity contribution is 5.13. The van der Waals surface area contributed by atoms with E-state index in [0.717, 1.165) is 19.3 Å². The van der Waals surface area contributed by atoms with Crippen LogP contribution < -0.4 is 0 Å². The quantitative estimate of drug-likeness (QED) is 0.286. The molecule has 1 fully saturated rings. The van der Waals surface area contributed by atoms with Crippen molar-refractivity contribution in [3.63, 3.8) is 0 Å². The molecule has 0 aromatic heterocycles. The molecule has 1 aliphatic heterocycles. The number of ether oxygens (including phenoxy) is 1. The van der Waals surface area contributed by atoms with E-state index in [0.29, 0.717) is 12.3 Å². The van der Waals surface area contributed by atoms with Crippen molar-refractivity contribution < 1.29 is 14.9 Å². The van der Waals surface area contributed by atoms with Crippen LogP contribution in [-0.4, -0.2) is 28.2 Å². The van der Waals surface area contributed by atoms with Crippen LogP contribution in [0, 0.1) is 17.8 Å². The maximum absolute atomic E-state index is 10.3. The fraction of sp³-hybridized carbons (Fsp3) is 0.600. The Morgan fingerprint density at radius 1 is 1.18 bits per heavy atom. The first-order valence-electron chi connectivity index (χ1n) is 10.5. The molecule has 6 atom stereocenters. The highest BCUT2D eigenvalue weighted by Crippen LogP contribution is 2.36. The van der Waals surface area contributed by atoms with Crippen LogP contribution in [0.25, 0.3) is 0 Å². The zero-order valence-electron chi connectivity index (χ0n) is 18.3. The third-order valence-corrected chi connectivity index (χ3v) is 5.63. The SMILES string of the molecule is C=CCC/C=C/C=C(\C)C[C@@H](C)/C=C/C=C/C[C@H]1OC(C)(O)[C@H](C)C(O)C1C. The van der Waals surface area contributed by atoms with Crippen molar-refractivity contribution in [3.8, 4) is 0 Å². The van der Waals surface area contributed by atoms with Crippen molar-refractivity contribution in [2.24, 2.45) is 17.8 Å². The summed E-state index contributed by atoms with van der Waals surface area (Å²) in [5, 5.41) is 20.7. The van der Waals surface area contributed by atoms with Crippen LogP contribution in [-0.2, 0) is 4.74 Å². The molecule has 0 bridgehead atoms. The highest BCUT2D eigenvalue weighted by Gasteiger charge is 2.46. The molecule has 3 nitrogen and oxygen atoms in total. The predicted molar refractivity (Wildman–Crippen MR) is 119 cm³/mol. The molecule has 3 unspecified atom stereocenters. The Bertz CT molecular complexity index is 583. The van der Waals surface area contributed by atoms with E-state index in [4.69, 9.17) is 4.74 Å². The first kappa shape index (κ1) is 24.6. The van der Waals surface area contributed by atoms with Crippen molar-refractivity contribution in [1.29, 1.82) is 0 Å². The summed E-state index contributed by atoms with van der Waals surface area (Å²) in [6, 6.07) is 0. The third kappa shape index (κ3) is 8.30. The summed E-state index contributed by atoms with van der Waals surface area (Å²) >= 11 is 0. The summed E-state index contributed by atoms with van der Waals surface area (Å²) in [7, 11) is 0. The molecule has 158 valence electrons. The molecule has 0 amide bonds. The smallest absolute Gasteiger partial charge is 0.168 e. The third-order valence-electron chi connectivity index (χ3n) is 5.63. The van der Waals surface area contributed by atoms with Crippen molar-refractivity contribution in [2.75, 3.05) is 0 Å². The molecule has 0 aromatic carbocycles. The molecule has 0 saturated carbocycles. The highest BCUT2D eigenvalue weighted by atomic mass is 16.6. The second-order valence-electron chi connectivity index (χ2n) is 8.39. The summed E-state index contributed by atoms with van der Waals surface area (Å²) < 4.78 is 5.81. The Balaban J connectivity index is 2.43. The molecule has 1 heterocycles. The lowest BCUT2D eigenvalue weighted by Crippen LogP contribution is -2.55. The normalized spacial score (nSPS) is 33.2. The van der Waals surface area contributed by atoms with Gasteiger partial charge >= 0.3 is 0 Å². The molecular formula is C25H40O3. The van der Waals surface area contributed by atoms with Gasteiger partial charge in [-0.15, -0.1) is 6.58 Å². The fourth-order valence-electron chi connectivity index (χ4n) is 3.51. The molecule has 1 rings (SSSR count). The Kier molecular flexibility index (Phi) is 10.7. The number of rotatable bonds is 10. The zero-order chi connectivity index (χ0) is 21.2. The van der Waals surface area contributed by atoms with Gasteiger partial charge in [0.05, 0.1) is 12.2 Å². The van der Waals surface area contributed by atoms with Gasteiger partial charge in [0.25, 0.3) is 0 Å². The lowest BCUT2D eigenvalue weighted by Gasteiger charge is -2.46. The summed E-state index contributed by atoms with van der Waals surface area (Å²) in [6.45, 7) is 13.5. The van der Waals surface area contributed by atoms with Gasteiger partial charge in [-0.05, 0) is 45.4 Å². The first-order valence-corrected chi connectivity index (χ1v) is 10.5. The number of hydrogen-bond donors (Lipinski definition) is 2. The lowest BCUT2D eigenvalue weighted by atomic mass is 9.80. The van der Waals surface area contributed by atoms with Gasteiger partial charge < -0.3 is 14.9 Å². The molecule has 1 aliphatic rings. The average Bonchev–Trinajstić information content (AvgIpc) is 2.63. The summed E-state index contributed by atoms with van der Waals surface area (Å²) in [4.78, 5) is 0. The van der Waals surface area contributed by atoms with Crippen LogP contribution in [0.5, 0.6) is 0 Å². The molecule has 0 radical (unpaired) electrons. The van der Waals surface area contributed by atoms with E-state index in [2.05, 4.69) is 50.8 Å². The van der Waals surface area contributed by atoms with Crippen molar-refractivity contribution >= 4 is 0 Å². The van der Waals surface area contributed by atoms with Crippen LogP contribution >= 0.6 is 0 Å². The van der Waals surface area contributed by atoms with Gasteiger partial charge in [-0.2, -0.15) is 0 Å². The Labute approximate surface area is 172 Å². The molecule has 0 aromatic rings. The van der Waals surface area contributed by atoms with Crippen molar-refractivity contribution in [1.82, 2.24) is 0 Å². The lowest BCUT2D eigenvalue weighted by molar-refractivity contribution is -0.306. The van der Waals surface area contributed by atoms with Crippen molar-refractivity contribution in [3.05, 3.63) is 60.8 Å². The topological polar surface area (TPSA) is 49.7 Å². The van der Waals surface area contributed by atoms with Crippen LogP contribution in [0.2, 0.25) is 0 Å². The van der Waals surface area contributed by atoms with Crippen LogP contribution in [0.1, 0.15) is 60.3 Å². The van der Waals surface area contributed by atoms with E-state index >= 15 is 0 Å². The molecular weight excluding hydrogens is 348 g/mol. The number of allylic oxidation sites excluding steroid dienone is 8. The first-order chi connectivity index (χ1) is 13.2. The number of aliphatic hydroxyl groups is 2. The molecule has 0 aliphatic carbocycles. The van der Waals surface area contributed by atoms with Gasteiger partial charge in [0, 0.05) is 11.8 Å². The van der Waals surface area contributed by atoms with Gasteiger partial charge in [0.2, 0.25) is 0 Å². The summed E-state index contributed by atoms with van der Waals surface area (Å²) in [5.74, 6) is -1.11. The Morgan fingerprint density at radius 3 is 2.57 bits per heavy atom. The van der Waals surface area contributed by atoms with Gasteiger partial charge in [0.1, 0.15) is 0 Å². The summed E-state index contributed by atoms with van der Waals surface area (Å²) in [5.41, 5.74) is 1.37. The minimum absolute atomic E-state index is 0.00454. The number of unbranched alkanes of at least 4 members (excludes halogenated alkanes) is 1. The number of hydrogen-bond acceptors (Lipinski definition) is 3. The van der Waals surface area contributed by atoms with E-state index in [9.17, 15) is 10.2 Å². The van der Waals surface area contributed by atoms with Crippen LogP contribution in [0.4, 0.5) is 0 Å². The second kappa shape index (κ2) is 12.2. The van der Waals surface area contributed by atoms with E-state index < -0.39 is 11.9 Å². The maximum Gasteiger partial charge on any atom is 0.168 e. The standard InChI is InChI=1S/C25H40O3/c1-7-8-9-10-12-15-19(2)18-20(3)16-13-11-14-17-23-21(4)24(26)22(5)25(6,27)28-23/h7,10-16,20-24,26-27H,1,8-9,17-18H2,2-6H3/b12-10+,14-11+,16-13+,19-15+/t20-,21?,22+,23+,24?,25?/m0/s1. The van der Waals surface area contributed by atoms with Gasteiger partial charge in [-0.1, -0.05) is 75.0 Å². The minimum Gasteiger partial charge on any atom is -0.392 e. The van der Waals surface area contributed by atoms with E-state index in [1.54, 1.807) is 6.92 Å². The van der Waals surface area contributed by atoms with Crippen molar-refractivity contribution in [2.45, 2.75) is 78.3 Å². The monoisotopic (exact) mass is 388 g/mol. The van der Waals surface area contributed by atoms with E-state index in [-0.39, 0.29) is 17.9 Å². The molecule has 28 heavy (non-hydrogen) atoms. The fourth-order valence-corrected chi connectivity index (χ4v) is 3.51. The predicted octanol–water partition coefficient (Wildman–Crippen LogP) is 5.72. The molecule has 0 spiro atoms. The summed E-state index contributed by atoms with van der Waals surface area (Å²) in [6.07, 6.45) is 19.8. The number of aliphatic hydroxyl groups excluding tert-OH is 1. The maximum atomic E-state index is 10.3. The molecule has 2 N–H and O–H groups in total. The Morgan fingerprint density at radius 2 is 1.89 bits per heavy atom. The molecule has 1 saturated heterocycles. The Hall–Kier alpha value is -1.42. The van der Waals surface area contributed by atoms with Gasteiger partial charge in [-0.25, -0.2) is 0 Å². The zero-order valence-corrected chi connectivity index (χ0v) is 18.3. The average molecular weight is 389 g/mol. The van der Waals surface area contributed by atoms with Crippen LogP contribution in [0.3, 0.4) is 0 Å². The van der Waals surface area contributed by atoms with E-state index in [1.807, 2.05) is 32.1 Å². The minimum atomic E-state index is -1.28. The molecule has 3 heteroatoms.